The summed E-state index contributed by atoms with van der Waals surface area (Å²) in [6.45, 7) is -0.0820. The van der Waals surface area contributed by atoms with Crippen LogP contribution in [0.3, 0.4) is 0 Å². The van der Waals surface area contributed by atoms with Gasteiger partial charge in [0.25, 0.3) is 0 Å². The standard InChI is InChI=1S/C19H15ClFNO5S/c20-8-9-27-17-11-15(21)10-14(19(17)22(23)24)12-28(25,26)18-7-3-5-13-4-1-2-6-16(13)18/h1-7,10-11H,8-9,12H2. The summed E-state index contributed by atoms with van der Waals surface area (Å²) in [7, 11) is -4.00. The molecule has 0 radical (unpaired) electrons. The highest BCUT2D eigenvalue weighted by molar-refractivity contribution is 7.90. The second-order valence-corrected chi connectivity index (χ2v) is 8.28. The first kappa shape index (κ1) is 20.0. The number of hydrogen-bond acceptors (Lipinski definition) is 5. The Morgan fingerprint density at radius 1 is 1.11 bits per heavy atom. The van der Waals surface area contributed by atoms with Gasteiger partial charge in [-0.25, -0.2) is 12.8 Å². The number of alkyl halides is 1. The van der Waals surface area contributed by atoms with Gasteiger partial charge in [0.05, 0.1) is 27.0 Å². The molecule has 0 atom stereocenters. The highest BCUT2D eigenvalue weighted by atomic mass is 35.5. The Morgan fingerprint density at radius 3 is 2.54 bits per heavy atom. The molecule has 146 valence electrons. The van der Waals surface area contributed by atoms with Gasteiger partial charge >= 0.3 is 5.69 Å². The van der Waals surface area contributed by atoms with E-state index in [2.05, 4.69) is 0 Å². The molecule has 0 aromatic heterocycles. The molecule has 0 aliphatic heterocycles. The predicted octanol–water partition coefficient (Wildman–Crippen LogP) is 4.48. The summed E-state index contributed by atoms with van der Waals surface area (Å²) in [5.74, 6) is -1.89. The van der Waals surface area contributed by atoms with Crippen molar-refractivity contribution in [3.63, 3.8) is 0 Å². The van der Waals surface area contributed by atoms with Crippen molar-refractivity contribution in [3.8, 4) is 5.75 Å². The summed E-state index contributed by atoms with van der Waals surface area (Å²) in [4.78, 5) is 10.8. The lowest BCUT2D eigenvalue weighted by molar-refractivity contribution is -0.386. The van der Waals surface area contributed by atoms with Crippen molar-refractivity contribution in [1.29, 1.82) is 0 Å². The Bertz CT molecular complexity index is 1150. The van der Waals surface area contributed by atoms with E-state index in [-0.39, 0.29) is 28.7 Å². The average Bonchev–Trinajstić information content (AvgIpc) is 2.64. The van der Waals surface area contributed by atoms with Crippen LogP contribution >= 0.6 is 11.6 Å². The van der Waals surface area contributed by atoms with Gasteiger partial charge in [0.1, 0.15) is 12.4 Å². The first-order chi connectivity index (χ1) is 13.3. The molecular weight excluding hydrogens is 409 g/mol. The molecule has 28 heavy (non-hydrogen) atoms. The molecule has 0 aliphatic carbocycles. The van der Waals surface area contributed by atoms with Crippen LogP contribution in [-0.2, 0) is 15.6 Å². The molecule has 0 fully saturated rings. The molecule has 3 aromatic rings. The zero-order valence-corrected chi connectivity index (χ0v) is 16.0. The molecule has 0 N–H and O–H groups in total. The third-order valence-electron chi connectivity index (χ3n) is 4.07. The van der Waals surface area contributed by atoms with Crippen molar-refractivity contribution >= 4 is 37.9 Å². The molecule has 6 nitrogen and oxygen atoms in total. The van der Waals surface area contributed by atoms with Crippen LogP contribution in [0.25, 0.3) is 10.8 Å². The van der Waals surface area contributed by atoms with E-state index in [1.54, 1.807) is 36.4 Å². The minimum absolute atomic E-state index is 0.0207. The molecule has 0 saturated carbocycles. The third-order valence-corrected chi connectivity index (χ3v) is 5.94. The van der Waals surface area contributed by atoms with Crippen molar-refractivity contribution in [1.82, 2.24) is 0 Å². The second kappa shape index (κ2) is 8.12. The number of benzene rings is 3. The molecule has 0 unspecified atom stereocenters. The zero-order valence-electron chi connectivity index (χ0n) is 14.5. The van der Waals surface area contributed by atoms with Crippen LogP contribution in [0.1, 0.15) is 5.56 Å². The van der Waals surface area contributed by atoms with E-state index in [4.69, 9.17) is 16.3 Å². The van der Waals surface area contributed by atoms with Gasteiger partial charge in [-0.3, -0.25) is 10.1 Å². The minimum atomic E-state index is -4.00. The second-order valence-electron chi connectivity index (χ2n) is 5.94. The number of halogens is 2. The van der Waals surface area contributed by atoms with Gasteiger partial charge in [-0.2, -0.15) is 0 Å². The fourth-order valence-corrected chi connectivity index (χ4v) is 4.62. The van der Waals surface area contributed by atoms with Gasteiger partial charge in [0.2, 0.25) is 0 Å². The molecule has 0 amide bonds. The molecule has 3 aromatic carbocycles. The lowest BCUT2D eigenvalue weighted by Gasteiger charge is -2.11. The van der Waals surface area contributed by atoms with Crippen LogP contribution in [0.4, 0.5) is 10.1 Å². The van der Waals surface area contributed by atoms with Crippen LogP contribution in [0.15, 0.2) is 59.5 Å². The molecule has 0 saturated heterocycles. The summed E-state index contributed by atoms with van der Waals surface area (Å²) in [6.07, 6.45) is 0. The van der Waals surface area contributed by atoms with Gasteiger partial charge in [-0.1, -0.05) is 36.4 Å². The number of sulfone groups is 1. The van der Waals surface area contributed by atoms with Crippen LogP contribution < -0.4 is 4.74 Å². The van der Waals surface area contributed by atoms with Crippen molar-refractivity contribution in [2.75, 3.05) is 12.5 Å². The van der Waals surface area contributed by atoms with E-state index in [1.165, 1.54) is 6.07 Å². The van der Waals surface area contributed by atoms with E-state index in [1.807, 2.05) is 0 Å². The normalized spacial score (nSPS) is 11.5. The highest BCUT2D eigenvalue weighted by Crippen LogP contribution is 2.35. The molecule has 0 bridgehead atoms. The Morgan fingerprint density at radius 2 is 1.82 bits per heavy atom. The summed E-state index contributed by atoms with van der Waals surface area (Å²) in [5, 5.41) is 12.7. The van der Waals surface area contributed by atoms with Gasteiger partial charge in [0, 0.05) is 11.5 Å². The van der Waals surface area contributed by atoms with Crippen molar-refractivity contribution in [3.05, 3.63) is 76.1 Å². The van der Waals surface area contributed by atoms with Gasteiger partial charge < -0.3 is 4.74 Å². The van der Waals surface area contributed by atoms with E-state index in [9.17, 15) is 22.9 Å². The molecule has 0 heterocycles. The summed E-state index contributed by atoms with van der Waals surface area (Å²) < 4.78 is 45.2. The monoisotopic (exact) mass is 423 g/mol. The van der Waals surface area contributed by atoms with Crippen LogP contribution in [0, 0.1) is 15.9 Å². The number of hydrogen-bond donors (Lipinski definition) is 0. The van der Waals surface area contributed by atoms with E-state index in [0.29, 0.717) is 10.8 Å². The van der Waals surface area contributed by atoms with Crippen LogP contribution in [-0.4, -0.2) is 25.8 Å². The van der Waals surface area contributed by atoms with Gasteiger partial charge in [-0.05, 0) is 17.5 Å². The first-order valence-electron chi connectivity index (χ1n) is 8.19. The smallest absolute Gasteiger partial charge is 0.315 e. The first-order valence-corrected chi connectivity index (χ1v) is 10.4. The van der Waals surface area contributed by atoms with E-state index >= 15 is 0 Å². The predicted molar refractivity (Wildman–Crippen MR) is 104 cm³/mol. The Balaban J connectivity index is 2.11. The fraction of sp³-hybridized carbons (Fsp3) is 0.158. The van der Waals surface area contributed by atoms with Crippen molar-refractivity contribution < 1.29 is 22.5 Å². The van der Waals surface area contributed by atoms with Gasteiger partial charge in [-0.15, -0.1) is 11.6 Å². The molecular formula is C19H15ClFNO5S. The zero-order chi connectivity index (χ0) is 20.3. The maximum atomic E-state index is 14.0. The number of ether oxygens (including phenoxy) is 1. The van der Waals surface area contributed by atoms with Crippen molar-refractivity contribution in [2.45, 2.75) is 10.6 Å². The number of nitro benzene ring substituents is 1. The Hall–Kier alpha value is -2.71. The minimum Gasteiger partial charge on any atom is -0.485 e. The quantitative estimate of drug-likeness (QED) is 0.317. The van der Waals surface area contributed by atoms with E-state index < -0.39 is 32.0 Å². The van der Waals surface area contributed by atoms with Crippen LogP contribution in [0.5, 0.6) is 5.75 Å². The Labute approximate surface area is 165 Å². The SMILES string of the molecule is O=[N+]([O-])c1c(CS(=O)(=O)c2cccc3ccccc23)cc(F)cc1OCCCl. The lowest BCUT2D eigenvalue weighted by atomic mass is 10.1. The largest absolute Gasteiger partial charge is 0.485 e. The lowest BCUT2D eigenvalue weighted by Crippen LogP contribution is -2.10. The summed E-state index contributed by atoms with van der Waals surface area (Å²) in [5.41, 5.74) is -0.877. The number of nitro groups is 1. The summed E-state index contributed by atoms with van der Waals surface area (Å²) in [6, 6.07) is 13.3. The fourth-order valence-electron chi connectivity index (χ4n) is 2.95. The average molecular weight is 424 g/mol. The highest BCUT2D eigenvalue weighted by Gasteiger charge is 2.28. The Kier molecular flexibility index (Phi) is 5.81. The number of rotatable bonds is 7. The molecule has 9 heteroatoms. The summed E-state index contributed by atoms with van der Waals surface area (Å²) >= 11 is 5.52. The van der Waals surface area contributed by atoms with Crippen molar-refractivity contribution in [2.24, 2.45) is 0 Å². The van der Waals surface area contributed by atoms with Crippen LogP contribution in [0.2, 0.25) is 0 Å². The van der Waals surface area contributed by atoms with Gasteiger partial charge in [0.15, 0.2) is 15.6 Å². The third kappa shape index (κ3) is 4.07. The maximum absolute atomic E-state index is 14.0. The number of nitrogens with zero attached hydrogens (tertiary/aromatic N) is 1. The topological polar surface area (TPSA) is 86.5 Å². The number of fused-ring (bicyclic) bond motifs is 1. The maximum Gasteiger partial charge on any atom is 0.315 e. The molecule has 3 rings (SSSR count). The molecule has 0 aliphatic rings. The van der Waals surface area contributed by atoms with E-state index in [0.717, 1.165) is 12.1 Å². The molecule has 0 spiro atoms.